The molecule has 1 heterocycles. The van der Waals surface area contributed by atoms with Crippen LogP contribution in [-0.2, 0) is 11.2 Å². The Morgan fingerprint density at radius 2 is 2.24 bits per heavy atom. The Morgan fingerprint density at radius 1 is 1.38 bits per heavy atom. The van der Waals surface area contributed by atoms with Crippen molar-refractivity contribution in [1.82, 2.24) is 0 Å². The molecule has 0 aliphatic heterocycles. The first-order valence-corrected chi connectivity index (χ1v) is 6.78. The van der Waals surface area contributed by atoms with Crippen LogP contribution in [0, 0.1) is 11.8 Å². The molecule has 0 bridgehead atoms. The Kier molecular flexibility index (Phi) is 5.44. The van der Waals surface area contributed by atoms with Gasteiger partial charge in [-0.1, -0.05) is 23.4 Å². The summed E-state index contributed by atoms with van der Waals surface area (Å²) in [6.07, 6.45) is 2.42. The smallest absolute Gasteiger partial charge is 0.224 e. The van der Waals surface area contributed by atoms with Crippen molar-refractivity contribution in [3.8, 4) is 11.8 Å². The fourth-order valence-electron chi connectivity index (χ4n) is 1.77. The van der Waals surface area contributed by atoms with Gasteiger partial charge < -0.3 is 14.8 Å². The van der Waals surface area contributed by atoms with Crippen LogP contribution in [0.25, 0.3) is 0 Å². The zero-order chi connectivity index (χ0) is 15.1. The van der Waals surface area contributed by atoms with Gasteiger partial charge in [0, 0.05) is 23.4 Å². The monoisotopic (exact) mass is 303 g/mol. The van der Waals surface area contributed by atoms with Crippen molar-refractivity contribution >= 4 is 23.2 Å². The van der Waals surface area contributed by atoms with Crippen molar-refractivity contribution in [3.05, 3.63) is 52.9 Å². The van der Waals surface area contributed by atoms with E-state index in [1.165, 1.54) is 0 Å². The summed E-state index contributed by atoms with van der Waals surface area (Å²) in [7, 11) is 0. The molecule has 5 heteroatoms. The fourth-order valence-corrected chi connectivity index (χ4v) is 1.94. The van der Waals surface area contributed by atoms with E-state index in [-0.39, 0.29) is 12.5 Å². The van der Waals surface area contributed by atoms with Gasteiger partial charge in [-0.25, -0.2) is 0 Å². The maximum absolute atomic E-state index is 11.9. The van der Waals surface area contributed by atoms with Gasteiger partial charge in [-0.2, -0.15) is 0 Å². The van der Waals surface area contributed by atoms with E-state index in [2.05, 4.69) is 17.2 Å². The van der Waals surface area contributed by atoms with E-state index in [0.717, 1.165) is 5.76 Å². The molecule has 0 aliphatic rings. The highest BCUT2D eigenvalue weighted by Gasteiger charge is 2.08. The Balaban J connectivity index is 2.02. The lowest BCUT2D eigenvalue weighted by atomic mass is 10.1. The number of nitrogens with one attached hydrogen (secondary N) is 1. The lowest BCUT2D eigenvalue weighted by Gasteiger charge is -2.07. The second-order valence-electron chi connectivity index (χ2n) is 4.28. The molecule has 0 unspecified atom stereocenters. The molecule has 1 aromatic carbocycles. The summed E-state index contributed by atoms with van der Waals surface area (Å²) >= 11 is 5.91. The number of carbonyl (C=O) groups is 1. The van der Waals surface area contributed by atoms with Gasteiger partial charge in [-0.05, 0) is 30.3 Å². The minimum absolute atomic E-state index is 0.138. The van der Waals surface area contributed by atoms with E-state index >= 15 is 0 Å². The van der Waals surface area contributed by atoms with Gasteiger partial charge in [0.15, 0.2) is 0 Å². The highest BCUT2D eigenvalue weighted by molar-refractivity contribution is 6.30. The molecule has 108 valence electrons. The van der Waals surface area contributed by atoms with Gasteiger partial charge in [0.1, 0.15) is 12.4 Å². The van der Waals surface area contributed by atoms with E-state index in [9.17, 15) is 4.79 Å². The van der Waals surface area contributed by atoms with E-state index in [1.54, 1.807) is 30.5 Å². The summed E-state index contributed by atoms with van der Waals surface area (Å²) in [5, 5.41) is 12.1. The summed E-state index contributed by atoms with van der Waals surface area (Å²) in [5.41, 5.74) is 1.15. The van der Waals surface area contributed by atoms with E-state index in [0.29, 0.717) is 29.1 Å². The Hall–Kier alpha value is -2.22. The average molecular weight is 304 g/mol. The van der Waals surface area contributed by atoms with Crippen LogP contribution in [0.15, 0.2) is 41.0 Å². The molecule has 1 aromatic heterocycles. The van der Waals surface area contributed by atoms with Crippen LogP contribution in [0.3, 0.4) is 0 Å². The first kappa shape index (κ1) is 15.2. The Morgan fingerprint density at radius 3 is 2.95 bits per heavy atom. The molecule has 0 radical (unpaired) electrons. The summed E-state index contributed by atoms with van der Waals surface area (Å²) in [4.78, 5) is 11.9. The maximum Gasteiger partial charge on any atom is 0.224 e. The molecule has 4 nitrogen and oxygen atoms in total. The van der Waals surface area contributed by atoms with Crippen LogP contribution in [0.2, 0.25) is 5.02 Å². The second-order valence-corrected chi connectivity index (χ2v) is 4.71. The number of benzene rings is 1. The molecule has 1 amide bonds. The number of aryl methyl sites for hydroxylation is 1. The standard InChI is InChI=1S/C16H14ClNO3/c17-13-5-7-15(12(11-13)3-1-9-19)18-16(20)8-6-14-4-2-10-21-14/h2,4-5,7,10-11,19H,6,8-9H2,(H,18,20). The number of aliphatic hydroxyl groups is 1. The summed E-state index contributed by atoms with van der Waals surface area (Å²) in [6.45, 7) is -0.252. The molecule has 0 atom stereocenters. The number of halogens is 1. The molecule has 0 fully saturated rings. The number of anilines is 1. The molecular formula is C16H14ClNO3. The van der Waals surface area contributed by atoms with Gasteiger partial charge in [-0.15, -0.1) is 0 Å². The maximum atomic E-state index is 11.9. The predicted molar refractivity (Wildman–Crippen MR) is 81.1 cm³/mol. The number of furan rings is 1. The number of aliphatic hydroxyl groups excluding tert-OH is 1. The highest BCUT2D eigenvalue weighted by atomic mass is 35.5. The van der Waals surface area contributed by atoms with Gasteiger partial charge in [-0.3, -0.25) is 4.79 Å². The van der Waals surface area contributed by atoms with Crippen LogP contribution >= 0.6 is 11.6 Å². The first-order valence-electron chi connectivity index (χ1n) is 6.40. The van der Waals surface area contributed by atoms with Gasteiger partial charge >= 0.3 is 0 Å². The Labute approximate surface area is 127 Å². The minimum atomic E-state index is -0.252. The number of amides is 1. The minimum Gasteiger partial charge on any atom is -0.469 e. The second kappa shape index (κ2) is 7.53. The topological polar surface area (TPSA) is 62.5 Å². The summed E-state index contributed by atoms with van der Waals surface area (Å²) in [5.74, 6) is 5.93. The predicted octanol–water partition coefficient (Wildman–Crippen LogP) is 2.85. The average Bonchev–Trinajstić information content (AvgIpc) is 2.98. The molecule has 0 spiro atoms. The number of rotatable bonds is 4. The van der Waals surface area contributed by atoms with Crippen LogP contribution in [0.5, 0.6) is 0 Å². The SMILES string of the molecule is O=C(CCc1ccco1)Nc1ccc(Cl)cc1C#CCO. The zero-order valence-electron chi connectivity index (χ0n) is 11.2. The first-order chi connectivity index (χ1) is 10.2. The number of carbonyl (C=O) groups excluding carboxylic acids is 1. The summed E-state index contributed by atoms with van der Waals surface area (Å²) in [6, 6.07) is 8.62. The molecule has 2 N–H and O–H groups in total. The van der Waals surface area contributed by atoms with Crippen LogP contribution in [0.1, 0.15) is 17.7 Å². The van der Waals surface area contributed by atoms with Crippen molar-refractivity contribution in [2.24, 2.45) is 0 Å². The highest BCUT2D eigenvalue weighted by Crippen LogP contribution is 2.20. The lowest BCUT2D eigenvalue weighted by molar-refractivity contribution is -0.116. The number of hydrogen-bond donors (Lipinski definition) is 2. The largest absolute Gasteiger partial charge is 0.469 e. The molecule has 0 aliphatic carbocycles. The normalized spacial score (nSPS) is 9.81. The van der Waals surface area contributed by atoms with Crippen LogP contribution in [-0.4, -0.2) is 17.6 Å². The van der Waals surface area contributed by atoms with Crippen molar-refractivity contribution in [2.75, 3.05) is 11.9 Å². The van der Waals surface area contributed by atoms with Gasteiger partial charge in [0.05, 0.1) is 12.0 Å². The zero-order valence-corrected chi connectivity index (χ0v) is 12.0. The van der Waals surface area contributed by atoms with E-state index < -0.39 is 0 Å². The van der Waals surface area contributed by atoms with Crippen LogP contribution < -0.4 is 5.32 Å². The molecular weight excluding hydrogens is 290 g/mol. The van der Waals surface area contributed by atoms with E-state index in [4.69, 9.17) is 21.1 Å². The number of hydrogen-bond acceptors (Lipinski definition) is 3. The van der Waals surface area contributed by atoms with Crippen molar-refractivity contribution in [1.29, 1.82) is 0 Å². The lowest BCUT2D eigenvalue weighted by Crippen LogP contribution is -2.13. The van der Waals surface area contributed by atoms with Crippen LogP contribution in [0.4, 0.5) is 5.69 Å². The van der Waals surface area contributed by atoms with Crippen molar-refractivity contribution in [3.63, 3.8) is 0 Å². The third kappa shape index (κ3) is 4.67. The fraction of sp³-hybridized carbons (Fsp3) is 0.188. The molecule has 2 aromatic rings. The third-order valence-corrected chi connectivity index (χ3v) is 2.97. The summed E-state index contributed by atoms with van der Waals surface area (Å²) < 4.78 is 5.18. The van der Waals surface area contributed by atoms with Crippen molar-refractivity contribution in [2.45, 2.75) is 12.8 Å². The van der Waals surface area contributed by atoms with Gasteiger partial charge in [0.2, 0.25) is 5.91 Å². The Bertz CT molecular complexity index is 669. The van der Waals surface area contributed by atoms with Gasteiger partial charge in [0.25, 0.3) is 0 Å². The van der Waals surface area contributed by atoms with Crippen molar-refractivity contribution < 1.29 is 14.3 Å². The third-order valence-electron chi connectivity index (χ3n) is 2.74. The van der Waals surface area contributed by atoms with E-state index in [1.807, 2.05) is 6.07 Å². The quantitative estimate of drug-likeness (QED) is 0.854. The molecule has 0 saturated heterocycles. The molecule has 21 heavy (non-hydrogen) atoms. The molecule has 2 rings (SSSR count). The molecule has 0 saturated carbocycles.